The van der Waals surface area contributed by atoms with E-state index in [1.165, 1.54) is 16.0 Å². The number of halogens is 1. The minimum absolute atomic E-state index is 0.0594. The highest BCUT2D eigenvalue weighted by atomic mass is 35.5. The number of aromatic nitrogens is 2. The molecular formula is C20H14ClN5O2S. The standard InChI is InChI=1S/C20H14ClN5O2S/c1-11-12(2)22-20(24-18(11)27)26-17(10-15(25-26)16-7-4-8-29-16)23-19(28)13-5-3-6-14(21)9-13/h3-10H,1H2,2H3,(H,23,28). The van der Waals surface area contributed by atoms with Crippen molar-refractivity contribution in [3.05, 3.63) is 70.6 Å². The molecule has 1 aliphatic rings. The summed E-state index contributed by atoms with van der Waals surface area (Å²) >= 11 is 7.48. The molecule has 0 bridgehead atoms. The van der Waals surface area contributed by atoms with E-state index in [9.17, 15) is 9.59 Å². The van der Waals surface area contributed by atoms with Gasteiger partial charge in [-0.2, -0.15) is 14.8 Å². The first-order chi connectivity index (χ1) is 13.9. The summed E-state index contributed by atoms with van der Waals surface area (Å²) in [5, 5.41) is 9.67. The molecule has 144 valence electrons. The van der Waals surface area contributed by atoms with Gasteiger partial charge >= 0.3 is 0 Å². The van der Waals surface area contributed by atoms with Crippen molar-refractivity contribution >= 4 is 52.2 Å². The number of nitrogens with one attached hydrogen (secondary N) is 1. The highest BCUT2D eigenvalue weighted by Gasteiger charge is 2.23. The zero-order chi connectivity index (χ0) is 20.5. The summed E-state index contributed by atoms with van der Waals surface area (Å²) in [7, 11) is 0. The van der Waals surface area contributed by atoms with Gasteiger partial charge in [-0.05, 0) is 36.6 Å². The molecule has 4 rings (SSSR count). The second-order valence-electron chi connectivity index (χ2n) is 6.16. The zero-order valence-corrected chi connectivity index (χ0v) is 16.8. The summed E-state index contributed by atoms with van der Waals surface area (Å²) < 4.78 is 1.34. The van der Waals surface area contributed by atoms with Crippen LogP contribution in [-0.2, 0) is 4.79 Å². The topological polar surface area (TPSA) is 88.7 Å². The maximum Gasteiger partial charge on any atom is 0.281 e. The van der Waals surface area contributed by atoms with Gasteiger partial charge in [0.1, 0.15) is 11.5 Å². The Morgan fingerprint density at radius 1 is 1.21 bits per heavy atom. The van der Waals surface area contributed by atoms with Crippen LogP contribution in [0.15, 0.2) is 70.0 Å². The molecule has 2 aromatic heterocycles. The van der Waals surface area contributed by atoms with Crippen molar-refractivity contribution in [3.8, 4) is 10.6 Å². The Balaban J connectivity index is 1.76. The Morgan fingerprint density at radius 3 is 2.72 bits per heavy atom. The first-order valence-corrected chi connectivity index (χ1v) is 9.77. The van der Waals surface area contributed by atoms with Gasteiger partial charge in [-0.25, -0.2) is 4.99 Å². The molecule has 0 saturated carbocycles. The summed E-state index contributed by atoms with van der Waals surface area (Å²) in [6.07, 6.45) is 0. The minimum Gasteiger partial charge on any atom is -0.306 e. The van der Waals surface area contributed by atoms with Gasteiger partial charge in [0, 0.05) is 16.7 Å². The number of benzene rings is 1. The van der Waals surface area contributed by atoms with Crippen LogP contribution < -0.4 is 5.32 Å². The van der Waals surface area contributed by atoms with Crippen LogP contribution >= 0.6 is 22.9 Å². The van der Waals surface area contributed by atoms with E-state index in [1.54, 1.807) is 37.3 Å². The van der Waals surface area contributed by atoms with Gasteiger partial charge in [0.25, 0.3) is 17.8 Å². The maximum absolute atomic E-state index is 12.7. The fourth-order valence-electron chi connectivity index (χ4n) is 2.64. The highest BCUT2D eigenvalue weighted by molar-refractivity contribution is 7.13. The van der Waals surface area contributed by atoms with Crippen LogP contribution in [0.4, 0.5) is 5.82 Å². The number of hydrogen-bond acceptors (Lipinski definition) is 5. The molecule has 29 heavy (non-hydrogen) atoms. The molecule has 0 fully saturated rings. The number of carbonyl (C=O) groups is 2. The third-order valence-electron chi connectivity index (χ3n) is 4.16. The predicted molar refractivity (Wildman–Crippen MR) is 115 cm³/mol. The third kappa shape index (κ3) is 3.80. The second kappa shape index (κ2) is 7.57. The SMILES string of the molecule is C=C1C(=O)N=C(n2nc(-c3cccs3)cc2NC(=O)c2cccc(Cl)c2)N=C1C. The van der Waals surface area contributed by atoms with Crippen molar-refractivity contribution in [3.63, 3.8) is 0 Å². The van der Waals surface area contributed by atoms with Crippen molar-refractivity contribution in [2.45, 2.75) is 6.92 Å². The summed E-state index contributed by atoms with van der Waals surface area (Å²) in [6, 6.07) is 12.1. The lowest BCUT2D eigenvalue weighted by atomic mass is 10.2. The largest absolute Gasteiger partial charge is 0.306 e. The number of aliphatic imine (C=N–C) groups is 2. The monoisotopic (exact) mass is 423 g/mol. The Kier molecular flexibility index (Phi) is 4.96. The van der Waals surface area contributed by atoms with Crippen LogP contribution in [0, 0.1) is 0 Å². The Bertz CT molecular complexity index is 1210. The van der Waals surface area contributed by atoms with E-state index >= 15 is 0 Å². The molecule has 0 saturated heterocycles. The number of thiophene rings is 1. The van der Waals surface area contributed by atoms with E-state index in [2.05, 4.69) is 27.0 Å². The van der Waals surface area contributed by atoms with E-state index in [1.807, 2.05) is 17.5 Å². The van der Waals surface area contributed by atoms with Crippen molar-refractivity contribution in [1.82, 2.24) is 9.78 Å². The van der Waals surface area contributed by atoms with E-state index in [0.717, 1.165) is 4.88 Å². The lowest BCUT2D eigenvalue weighted by Gasteiger charge is -2.12. The first kappa shape index (κ1) is 19.0. The fraction of sp³-hybridized carbons (Fsp3) is 0.0500. The molecular weight excluding hydrogens is 410 g/mol. The van der Waals surface area contributed by atoms with Crippen molar-refractivity contribution in [2.24, 2.45) is 9.98 Å². The molecule has 0 unspecified atom stereocenters. The normalized spacial score (nSPS) is 13.9. The number of amides is 2. The van der Waals surface area contributed by atoms with Crippen LogP contribution in [0.2, 0.25) is 5.02 Å². The summed E-state index contributed by atoms with van der Waals surface area (Å²) in [5.74, 6) is -0.481. The van der Waals surface area contributed by atoms with Gasteiger partial charge < -0.3 is 5.32 Å². The van der Waals surface area contributed by atoms with E-state index in [-0.39, 0.29) is 17.4 Å². The van der Waals surface area contributed by atoms with Gasteiger partial charge in [-0.3, -0.25) is 9.59 Å². The molecule has 3 heterocycles. The minimum atomic E-state index is -0.493. The zero-order valence-electron chi connectivity index (χ0n) is 15.2. The number of hydrogen-bond donors (Lipinski definition) is 1. The molecule has 0 aliphatic carbocycles. The first-order valence-electron chi connectivity index (χ1n) is 8.51. The Hall–Kier alpha value is -3.36. The molecule has 0 atom stereocenters. The second-order valence-corrected chi connectivity index (χ2v) is 7.55. The van der Waals surface area contributed by atoms with Crippen LogP contribution in [0.3, 0.4) is 0 Å². The quantitative estimate of drug-likeness (QED) is 0.637. The van der Waals surface area contributed by atoms with Gasteiger partial charge in [-0.1, -0.05) is 30.3 Å². The molecule has 3 aromatic rings. The molecule has 2 amide bonds. The number of carbonyl (C=O) groups excluding carboxylic acids is 2. The van der Waals surface area contributed by atoms with Gasteiger partial charge in [0.15, 0.2) is 0 Å². The number of nitrogens with zero attached hydrogens (tertiary/aromatic N) is 4. The summed E-state index contributed by atoms with van der Waals surface area (Å²) in [4.78, 5) is 34.0. The Labute approximate surface area is 175 Å². The average Bonchev–Trinajstić information content (AvgIpc) is 3.35. The smallest absolute Gasteiger partial charge is 0.281 e. The molecule has 0 radical (unpaired) electrons. The van der Waals surface area contributed by atoms with Crippen LogP contribution in [0.5, 0.6) is 0 Å². The van der Waals surface area contributed by atoms with E-state index < -0.39 is 5.91 Å². The molecule has 7 nitrogen and oxygen atoms in total. The summed E-state index contributed by atoms with van der Waals surface area (Å²) in [6.45, 7) is 5.34. The van der Waals surface area contributed by atoms with Crippen molar-refractivity contribution in [2.75, 3.05) is 5.32 Å². The maximum atomic E-state index is 12.7. The van der Waals surface area contributed by atoms with E-state index in [0.29, 0.717) is 27.8 Å². The molecule has 0 spiro atoms. The lowest BCUT2D eigenvalue weighted by Crippen LogP contribution is -2.25. The number of rotatable bonds is 3. The summed E-state index contributed by atoms with van der Waals surface area (Å²) in [5.41, 5.74) is 1.68. The third-order valence-corrected chi connectivity index (χ3v) is 5.29. The number of anilines is 1. The van der Waals surface area contributed by atoms with Crippen LogP contribution in [0.25, 0.3) is 10.6 Å². The fourth-order valence-corrected chi connectivity index (χ4v) is 3.51. The van der Waals surface area contributed by atoms with Crippen LogP contribution in [0.1, 0.15) is 17.3 Å². The van der Waals surface area contributed by atoms with Crippen molar-refractivity contribution in [1.29, 1.82) is 0 Å². The lowest BCUT2D eigenvalue weighted by molar-refractivity contribution is -0.113. The average molecular weight is 424 g/mol. The van der Waals surface area contributed by atoms with Gasteiger partial charge in [-0.15, -0.1) is 11.3 Å². The molecule has 1 N–H and O–H groups in total. The van der Waals surface area contributed by atoms with Gasteiger partial charge in [0.05, 0.1) is 16.2 Å². The van der Waals surface area contributed by atoms with Gasteiger partial charge in [0.2, 0.25) is 0 Å². The van der Waals surface area contributed by atoms with Crippen molar-refractivity contribution < 1.29 is 9.59 Å². The van der Waals surface area contributed by atoms with E-state index in [4.69, 9.17) is 11.6 Å². The highest BCUT2D eigenvalue weighted by Crippen LogP contribution is 2.27. The predicted octanol–water partition coefficient (Wildman–Crippen LogP) is 4.28. The molecule has 9 heteroatoms. The van der Waals surface area contributed by atoms with Crippen LogP contribution in [-0.4, -0.2) is 33.3 Å². The Morgan fingerprint density at radius 2 is 2.03 bits per heavy atom. The molecule has 1 aliphatic heterocycles. The molecule has 1 aromatic carbocycles.